The summed E-state index contributed by atoms with van der Waals surface area (Å²) in [5.41, 5.74) is 6.15. The highest BCUT2D eigenvalue weighted by molar-refractivity contribution is 7.94. The standard InChI is InChI=1S/C12H17NO5S/c1-3-17-12(15)10(13)11(14)8-4-6-9(7-5-8)19-18-16-2/h4-7,10-11,14H,3,13H2,1-2H3/t10-,11-/m1/s1. The van der Waals surface area contributed by atoms with Gasteiger partial charge in [0.15, 0.2) is 0 Å². The molecule has 3 N–H and O–H groups in total. The van der Waals surface area contributed by atoms with Crippen LogP contribution in [0.4, 0.5) is 0 Å². The Hall–Kier alpha value is -1.12. The Morgan fingerprint density at radius 1 is 1.42 bits per heavy atom. The van der Waals surface area contributed by atoms with Gasteiger partial charge in [0, 0.05) is 4.90 Å². The third kappa shape index (κ3) is 4.81. The van der Waals surface area contributed by atoms with E-state index in [0.717, 1.165) is 16.9 Å². The van der Waals surface area contributed by atoms with Gasteiger partial charge in [0.25, 0.3) is 0 Å². The largest absolute Gasteiger partial charge is 0.465 e. The number of benzene rings is 1. The lowest BCUT2D eigenvalue weighted by Crippen LogP contribution is -2.38. The molecule has 0 saturated carbocycles. The maximum atomic E-state index is 11.4. The Balaban J connectivity index is 2.66. The van der Waals surface area contributed by atoms with E-state index in [0.29, 0.717) is 5.56 Å². The van der Waals surface area contributed by atoms with Crippen LogP contribution in [0.15, 0.2) is 29.2 Å². The molecule has 0 unspecified atom stereocenters. The van der Waals surface area contributed by atoms with Gasteiger partial charge in [0.2, 0.25) is 0 Å². The third-order valence-corrected chi connectivity index (χ3v) is 2.99. The summed E-state index contributed by atoms with van der Waals surface area (Å²) in [5, 5.41) is 9.96. The molecule has 0 aliphatic rings. The number of aliphatic hydroxyl groups excluding tert-OH is 1. The summed E-state index contributed by atoms with van der Waals surface area (Å²) < 4.78 is 9.45. The molecule has 0 spiro atoms. The number of nitrogens with two attached hydrogens (primary N) is 1. The van der Waals surface area contributed by atoms with Gasteiger partial charge in [-0.2, -0.15) is 4.33 Å². The van der Waals surface area contributed by atoms with Crippen molar-refractivity contribution in [2.24, 2.45) is 5.73 Å². The molecular weight excluding hydrogens is 270 g/mol. The van der Waals surface area contributed by atoms with Crippen LogP contribution < -0.4 is 5.73 Å². The van der Waals surface area contributed by atoms with Gasteiger partial charge in [-0.25, -0.2) is 4.89 Å². The minimum Gasteiger partial charge on any atom is -0.465 e. The van der Waals surface area contributed by atoms with Crippen molar-refractivity contribution >= 4 is 18.0 Å². The number of carbonyl (C=O) groups excluding carboxylic acids is 1. The van der Waals surface area contributed by atoms with Crippen LogP contribution in [0.3, 0.4) is 0 Å². The first kappa shape index (κ1) is 15.9. The predicted molar refractivity (Wildman–Crippen MR) is 70.0 cm³/mol. The number of rotatable bonds is 7. The third-order valence-electron chi connectivity index (χ3n) is 2.32. The van der Waals surface area contributed by atoms with Crippen LogP contribution in [0.5, 0.6) is 0 Å². The zero-order chi connectivity index (χ0) is 14.3. The van der Waals surface area contributed by atoms with Crippen LogP contribution in [-0.4, -0.2) is 30.8 Å². The van der Waals surface area contributed by atoms with E-state index >= 15 is 0 Å². The van der Waals surface area contributed by atoms with Crippen molar-refractivity contribution in [3.63, 3.8) is 0 Å². The van der Waals surface area contributed by atoms with Gasteiger partial charge in [-0.3, -0.25) is 4.79 Å². The van der Waals surface area contributed by atoms with Crippen molar-refractivity contribution < 1.29 is 23.9 Å². The molecule has 0 saturated heterocycles. The molecule has 0 radical (unpaired) electrons. The molecule has 0 aromatic heterocycles. The smallest absolute Gasteiger partial charge is 0.325 e. The van der Waals surface area contributed by atoms with Crippen LogP contribution in [0, 0.1) is 0 Å². The number of hydrogen-bond donors (Lipinski definition) is 2. The van der Waals surface area contributed by atoms with E-state index in [1.54, 1.807) is 31.2 Å². The Morgan fingerprint density at radius 3 is 2.58 bits per heavy atom. The van der Waals surface area contributed by atoms with E-state index in [9.17, 15) is 9.90 Å². The first-order valence-electron chi connectivity index (χ1n) is 5.67. The first-order chi connectivity index (χ1) is 9.10. The fraction of sp³-hybridized carbons (Fsp3) is 0.417. The molecule has 6 nitrogen and oxygen atoms in total. The highest BCUT2D eigenvalue weighted by Gasteiger charge is 2.25. The van der Waals surface area contributed by atoms with Crippen molar-refractivity contribution in [1.82, 2.24) is 0 Å². The van der Waals surface area contributed by atoms with E-state index in [1.165, 1.54) is 7.11 Å². The maximum absolute atomic E-state index is 11.4. The van der Waals surface area contributed by atoms with E-state index in [1.807, 2.05) is 0 Å². The number of ether oxygens (including phenoxy) is 1. The normalized spacial score (nSPS) is 13.9. The Bertz CT molecular complexity index is 398. The summed E-state index contributed by atoms with van der Waals surface area (Å²) in [6, 6.07) is 5.66. The molecule has 7 heteroatoms. The molecule has 0 bridgehead atoms. The van der Waals surface area contributed by atoms with Crippen LogP contribution in [0.25, 0.3) is 0 Å². The average molecular weight is 287 g/mol. The fourth-order valence-electron chi connectivity index (χ4n) is 1.37. The molecule has 1 aromatic rings. The van der Waals surface area contributed by atoms with Crippen LogP contribution in [0.2, 0.25) is 0 Å². The molecule has 0 aliphatic carbocycles. The van der Waals surface area contributed by atoms with Gasteiger partial charge >= 0.3 is 5.97 Å². The highest BCUT2D eigenvalue weighted by atomic mass is 32.2. The van der Waals surface area contributed by atoms with Crippen molar-refractivity contribution in [2.75, 3.05) is 13.7 Å². The topological polar surface area (TPSA) is 91.0 Å². The van der Waals surface area contributed by atoms with Crippen LogP contribution in [0.1, 0.15) is 18.6 Å². The minimum atomic E-state index is -1.11. The molecule has 1 rings (SSSR count). The van der Waals surface area contributed by atoms with Crippen LogP contribution in [-0.2, 0) is 18.8 Å². The quantitative estimate of drug-likeness (QED) is 0.337. The van der Waals surface area contributed by atoms with Crippen molar-refractivity contribution in [3.05, 3.63) is 29.8 Å². The molecule has 0 fully saturated rings. The van der Waals surface area contributed by atoms with Crippen molar-refractivity contribution in [2.45, 2.75) is 24.0 Å². The fourth-order valence-corrected chi connectivity index (χ4v) is 1.76. The molecule has 1 aromatic carbocycles. The molecule has 0 amide bonds. The first-order valence-corrected chi connectivity index (χ1v) is 6.41. The van der Waals surface area contributed by atoms with Gasteiger partial charge in [0.05, 0.1) is 25.8 Å². The van der Waals surface area contributed by atoms with Gasteiger partial charge in [0.1, 0.15) is 12.1 Å². The summed E-state index contributed by atoms with van der Waals surface area (Å²) in [6.07, 6.45) is -1.11. The second-order valence-corrected chi connectivity index (χ2v) is 4.38. The lowest BCUT2D eigenvalue weighted by Gasteiger charge is -2.17. The summed E-state index contributed by atoms with van der Waals surface area (Å²) >= 11 is 1.04. The summed E-state index contributed by atoms with van der Waals surface area (Å²) in [4.78, 5) is 16.7. The van der Waals surface area contributed by atoms with Gasteiger partial charge in [-0.15, -0.1) is 0 Å². The molecule has 0 heterocycles. The van der Waals surface area contributed by atoms with Gasteiger partial charge < -0.3 is 15.6 Å². The van der Waals surface area contributed by atoms with Gasteiger partial charge in [-0.05, 0) is 24.6 Å². The second kappa shape index (κ2) is 8.13. The highest BCUT2D eigenvalue weighted by Crippen LogP contribution is 2.23. The summed E-state index contributed by atoms with van der Waals surface area (Å²) in [6.45, 7) is 1.90. The Morgan fingerprint density at radius 2 is 2.05 bits per heavy atom. The zero-order valence-corrected chi connectivity index (χ0v) is 11.6. The molecule has 2 atom stereocenters. The van der Waals surface area contributed by atoms with E-state index < -0.39 is 18.1 Å². The van der Waals surface area contributed by atoms with Crippen LogP contribution >= 0.6 is 12.0 Å². The summed E-state index contributed by atoms with van der Waals surface area (Å²) in [5.74, 6) is -0.629. The monoisotopic (exact) mass is 287 g/mol. The Labute approximate surface area is 116 Å². The lowest BCUT2D eigenvalue weighted by atomic mass is 10.0. The maximum Gasteiger partial charge on any atom is 0.325 e. The van der Waals surface area contributed by atoms with Crippen molar-refractivity contribution in [3.8, 4) is 0 Å². The number of aliphatic hydroxyl groups is 1. The number of carbonyl (C=O) groups is 1. The summed E-state index contributed by atoms with van der Waals surface area (Å²) in [7, 11) is 1.41. The molecular formula is C12H17NO5S. The van der Waals surface area contributed by atoms with E-state index in [-0.39, 0.29) is 6.61 Å². The van der Waals surface area contributed by atoms with Crippen molar-refractivity contribution in [1.29, 1.82) is 0 Å². The van der Waals surface area contributed by atoms with E-state index in [4.69, 9.17) is 14.8 Å². The zero-order valence-electron chi connectivity index (χ0n) is 10.7. The minimum absolute atomic E-state index is 0.225. The Kier molecular flexibility index (Phi) is 6.82. The SMILES string of the molecule is CCOC(=O)[C@H](N)[C@H](O)c1ccc(SOOC)cc1. The number of hydrogen-bond acceptors (Lipinski definition) is 7. The van der Waals surface area contributed by atoms with Gasteiger partial charge in [-0.1, -0.05) is 12.1 Å². The average Bonchev–Trinajstić information content (AvgIpc) is 2.44. The van der Waals surface area contributed by atoms with E-state index in [2.05, 4.69) is 4.89 Å². The predicted octanol–water partition coefficient (Wildman–Crippen LogP) is 1.20. The molecule has 106 valence electrons. The second-order valence-electron chi connectivity index (χ2n) is 3.61. The molecule has 0 aliphatic heterocycles. The number of esters is 1. The molecule has 19 heavy (non-hydrogen) atoms. The lowest BCUT2D eigenvalue weighted by molar-refractivity contribution is -0.160.